The Labute approximate surface area is 129 Å². The number of carbonyl (C=O) groups is 1. The molecule has 2 aromatic carbocycles. The monoisotopic (exact) mass is 349 g/mol. The maximum Gasteiger partial charge on any atom is 0.273 e. The van der Waals surface area contributed by atoms with Gasteiger partial charge in [-0.05, 0) is 43.7 Å². The van der Waals surface area contributed by atoms with Gasteiger partial charge in [-0.2, -0.15) is 0 Å². The van der Waals surface area contributed by atoms with E-state index in [9.17, 15) is 14.9 Å². The number of carbonyl (C=O) groups excluding carboxylic acids is 1. The normalized spacial score (nSPS) is 10.2. The predicted octanol–water partition coefficient (Wildman–Crippen LogP) is 4.66. The minimum absolute atomic E-state index is 0.0583. The number of ketones is 1. The van der Waals surface area contributed by atoms with Crippen LogP contribution in [0.2, 0.25) is 0 Å². The number of Topliss-reactive ketones (excluding diaryl/α,β-unsaturated/α-hetero) is 1. The summed E-state index contributed by atoms with van der Waals surface area (Å²) in [5, 5.41) is 10.8. The van der Waals surface area contributed by atoms with Crippen LogP contribution < -0.4 is 4.74 Å². The van der Waals surface area contributed by atoms with E-state index < -0.39 is 4.92 Å². The van der Waals surface area contributed by atoms with Gasteiger partial charge in [0.15, 0.2) is 5.78 Å². The molecular weight excluding hydrogens is 338 g/mol. The average molecular weight is 350 g/mol. The number of non-ortho nitro benzene ring substituents is 1. The van der Waals surface area contributed by atoms with E-state index in [0.29, 0.717) is 17.1 Å². The summed E-state index contributed by atoms with van der Waals surface area (Å²) in [4.78, 5) is 22.0. The molecule has 0 atom stereocenters. The van der Waals surface area contributed by atoms with Crippen LogP contribution in [-0.2, 0) is 0 Å². The Balaban J connectivity index is 2.45. The van der Waals surface area contributed by atoms with Gasteiger partial charge in [0, 0.05) is 10.5 Å². The first-order valence-electron chi connectivity index (χ1n) is 6.12. The summed E-state index contributed by atoms with van der Waals surface area (Å²) in [6, 6.07) is 9.43. The second kappa shape index (κ2) is 6.05. The highest BCUT2D eigenvalue weighted by Crippen LogP contribution is 2.32. The Morgan fingerprint density at radius 1 is 1.19 bits per heavy atom. The van der Waals surface area contributed by atoms with E-state index in [1.165, 1.54) is 19.1 Å². The third kappa shape index (κ3) is 3.46. The molecule has 108 valence electrons. The van der Waals surface area contributed by atoms with Crippen LogP contribution >= 0.6 is 15.9 Å². The summed E-state index contributed by atoms with van der Waals surface area (Å²) in [6.07, 6.45) is 0. The fraction of sp³-hybridized carbons (Fsp3) is 0.133. The second-order valence-corrected chi connectivity index (χ2v) is 5.42. The number of halogens is 1. The van der Waals surface area contributed by atoms with Gasteiger partial charge in [0.1, 0.15) is 11.5 Å². The van der Waals surface area contributed by atoms with Crippen molar-refractivity contribution in [2.45, 2.75) is 13.8 Å². The summed E-state index contributed by atoms with van der Waals surface area (Å²) in [5.74, 6) is 0.581. The van der Waals surface area contributed by atoms with Crippen molar-refractivity contribution in [3.05, 3.63) is 62.1 Å². The minimum Gasteiger partial charge on any atom is -0.456 e. The highest BCUT2D eigenvalue weighted by molar-refractivity contribution is 9.10. The molecule has 0 saturated carbocycles. The number of nitro benzene ring substituents is 1. The van der Waals surface area contributed by atoms with E-state index in [1.54, 1.807) is 31.2 Å². The molecule has 0 N–H and O–H groups in total. The van der Waals surface area contributed by atoms with Gasteiger partial charge in [0.05, 0.1) is 16.6 Å². The van der Waals surface area contributed by atoms with Crippen molar-refractivity contribution < 1.29 is 14.5 Å². The van der Waals surface area contributed by atoms with Crippen molar-refractivity contribution in [2.24, 2.45) is 0 Å². The van der Waals surface area contributed by atoms with Crippen molar-refractivity contribution in [3.63, 3.8) is 0 Å². The number of ether oxygens (including phenoxy) is 1. The third-order valence-corrected chi connectivity index (χ3v) is 3.42. The maximum atomic E-state index is 11.7. The van der Waals surface area contributed by atoms with E-state index in [1.807, 2.05) is 0 Å². The van der Waals surface area contributed by atoms with Crippen molar-refractivity contribution in [1.82, 2.24) is 0 Å². The van der Waals surface area contributed by atoms with E-state index in [-0.39, 0.29) is 11.5 Å². The van der Waals surface area contributed by atoms with Crippen LogP contribution in [0.4, 0.5) is 5.69 Å². The topological polar surface area (TPSA) is 69.4 Å². The molecule has 2 aromatic rings. The Morgan fingerprint density at radius 3 is 2.52 bits per heavy atom. The number of benzene rings is 2. The highest BCUT2D eigenvalue weighted by Gasteiger charge is 2.14. The van der Waals surface area contributed by atoms with Gasteiger partial charge in [0.25, 0.3) is 5.69 Å². The van der Waals surface area contributed by atoms with E-state index in [2.05, 4.69) is 15.9 Å². The summed E-state index contributed by atoms with van der Waals surface area (Å²) < 4.78 is 6.46. The summed E-state index contributed by atoms with van der Waals surface area (Å²) in [7, 11) is 0. The number of hydrogen-bond acceptors (Lipinski definition) is 4. The van der Waals surface area contributed by atoms with Gasteiger partial charge < -0.3 is 4.74 Å². The second-order valence-electron chi connectivity index (χ2n) is 4.51. The predicted molar refractivity (Wildman–Crippen MR) is 82.1 cm³/mol. The first kappa shape index (κ1) is 15.2. The molecule has 0 aliphatic rings. The lowest BCUT2D eigenvalue weighted by Gasteiger charge is -2.11. The first-order chi connectivity index (χ1) is 9.88. The van der Waals surface area contributed by atoms with E-state index in [0.717, 1.165) is 10.0 Å². The van der Waals surface area contributed by atoms with Crippen LogP contribution in [-0.4, -0.2) is 10.7 Å². The Morgan fingerprint density at radius 2 is 1.90 bits per heavy atom. The van der Waals surface area contributed by atoms with Crippen molar-refractivity contribution >= 4 is 27.4 Å². The van der Waals surface area contributed by atoms with Crippen LogP contribution in [0.25, 0.3) is 0 Å². The number of nitro groups is 1. The lowest BCUT2D eigenvalue weighted by molar-refractivity contribution is -0.384. The van der Waals surface area contributed by atoms with Gasteiger partial charge in [0.2, 0.25) is 0 Å². The standard InChI is InChI=1S/C15H12BrNO4/c1-9-3-5-12(17(19)20)8-15(9)21-14-6-4-11(16)7-13(14)10(2)18/h3-8H,1-2H3. The highest BCUT2D eigenvalue weighted by atomic mass is 79.9. The fourth-order valence-electron chi connectivity index (χ4n) is 1.80. The molecule has 0 saturated heterocycles. The van der Waals surface area contributed by atoms with Gasteiger partial charge in [-0.25, -0.2) is 0 Å². The molecule has 0 radical (unpaired) electrons. The molecule has 0 amide bonds. The number of nitrogens with zero attached hydrogens (tertiary/aromatic N) is 1. The Bertz CT molecular complexity index is 728. The smallest absolute Gasteiger partial charge is 0.273 e. The molecule has 21 heavy (non-hydrogen) atoms. The molecular formula is C15H12BrNO4. The number of rotatable bonds is 4. The van der Waals surface area contributed by atoms with E-state index in [4.69, 9.17) is 4.74 Å². The molecule has 0 aliphatic carbocycles. The molecule has 6 heteroatoms. The van der Waals surface area contributed by atoms with Gasteiger partial charge in [-0.3, -0.25) is 14.9 Å². The van der Waals surface area contributed by atoms with E-state index >= 15 is 0 Å². The quantitative estimate of drug-likeness (QED) is 0.457. The number of aryl methyl sites for hydroxylation is 1. The molecule has 0 heterocycles. The van der Waals surface area contributed by atoms with Crippen molar-refractivity contribution in [2.75, 3.05) is 0 Å². The summed E-state index contributed by atoms with van der Waals surface area (Å²) >= 11 is 3.30. The Kier molecular flexibility index (Phi) is 4.37. The molecule has 0 aromatic heterocycles. The van der Waals surface area contributed by atoms with Crippen LogP contribution in [0.5, 0.6) is 11.5 Å². The largest absolute Gasteiger partial charge is 0.456 e. The van der Waals surface area contributed by atoms with Crippen molar-refractivity contribution in [3.8, 4) is 11.5 Å². The molecule has 0 fully saturated rings. The molecule has 0 unspecified atom stereocenters. The van der Waals surface area contributed by atoms with Crippen molar-refractivity contribution in [1.29, 1.82) is 0 Å². The maximum absolute atomic E-state index is 11.7. The first-order valence-corrected chi connectivity index (χ1v) is 6.91. The SMILES string of the molecule is CC(=O)c1cc(Br)ccc1Oc1cc([N+](=O)[O-])ccc1C. The van der Waals surface area contributed by atoms with Gasteiger partial charge in [-0.1, -0.05) is 15.9 Å². The van der Waals surface area contributed by atoms with Crippen LogP contribution in [0.15, 0.2) is 40.9 Å². The lowest BCUT2D eigenvalue weighted by Crippen LogP contribution is -1.98. The zero-order valence-electron chi connectivity index (χ0n) is 11.4. The number of hydrogen-bond donors (Lipinski definition) is 0. The molecule has 5 nitrogen and oxygen atoms in total. The molecule has 0 spiro atoms. The van der Waals surface area contributed by atoms with Crippen LogP contribution in [0, 0.1) is 17.0 Å². The average Bonchev–Trinajstić information content (AvgIpc) is 2.42. The van der Waals surface area contributed by atoms with Gasteiger partial charge >= 0.3 is 0 Å². The molecule has 0 aliphatic heterocycles. The van der Waals surface area contributed by atoms with Crippen LogP contribution in [0.3, 0.4) is 0 Å². The summed E-state index contributed by atoms with van der Waals surface area (Å²) in [5.41, 5.74) is 1.10. The summed E-state index contributed by atoms with van der Waals surface area (Å²) in [6.45, 7) is 3.22. The molecule has 2 rings (SSSR count). The fourth-order valence-corrected chi connectivity index (χ4v) is 2.16. The molecule has 0 bridgehead atoms. The van der Waals surface area contributed by atoms with Crippen LogP contribution in [0.1, 0.15) is 22.8 Å². The third-order valence-electron chi connectivity index (χ3n) is 2.92. The Hall–Kier alpha value is -2.21. The van der Waals surface area contributed by atoms with Gasteiger partial charge in [-0.15, -0.1) is 0 Å². The zero-order chi connectivity index (χ0) is 15.6. The lowest BCUT2D eigenvalue weighted by atomic mass is 10.1. The minimum atomic E-state index is -0.486. The zero-order valence-corrected chi connectivity index (χ0v) is 13.0.